The zero-order valence-corrected chi connectivity index (χ0v) is 19.6. The van der Waals surface area contributed by atoms with E-state index < -0.39 is 8.32 Å². The summed E-state index contributed by atoms with van der Waals surface area (Å²) in [6, 6.07) is 4.19. The Bertz CT molecular complexity index is 712. The van der Waals surface area contributed by atoms with Crippen molar-refractivity contribution in [1.82, 2.24) is 4.98 Å². The third-order valence-corrected chi connectivity index (χ3v) is 12.3. The Labute approximate surface area is 167 Å². The van der Waals surface area contributed by atoms with Crippen LogP contribution in [0.4, 0.5) is 0 Å². The van der Waals surface area contributed by atoms with E-state index in [1.165, 1.54) is 22.0 Å². The van der Waals surface area contributed by atoms with Gasteiger partial charge in [0.05, 0.1) is 12.6 Å². The van der Waals surface area contributed by atoms with E-state index in [-0.39, 0.29) is 0 Å². The summed E-state index contributed by atoms with van der Waals surface area (Å²) in [7, 11) is 0.0168. The van der Waals surface area contributed by atoms with Gasteiger partial charge in [-0.2, -0.15) is 0 Å². The summed E-state index contributed by atoms with van der Waals surface area (Å²) < 4.78 is 12.3. The summed E-state index contributed by atoms with van der Waals surface area (Å²) in [4.78, 5) is 3.44. The van der Waals surface area contributed by atoms with Gasteiger partial charge < -0.3 is 14.1 Å². The molecule has 0 saturated heterocycles. The molecule has 0 atom stereocenters. The van der Waals surface area contributed by atoms with E-state index in [1.807, 2.05) is 0 Å². The topological polar surface area (TPSA) is 34.2 Å². The molecule has 3 nitrogen and oxygen atoms in total. The average molecular weight is 390 g/mol. The Morgan fingerprint density at radius 2 is 1.59 bits per heavy atom. The maximum atomic E-state index is 6.69. The summed E-state index contributed by atoms with van der Waals surface area (Å²) >= 11 is 0. The molecule has 27 heavy (non-hydrogen) atoms. The van der Waals surface area contributed by atoms with Crippen LogP contribution >= 0.6 is 0 Å². The summed E-state index contributed by atoms with van der Waals surface area (Å²) in [6.07, 6.45) is 5.46. The molecule has 0 aliphatic heterocycles. The van der Waals surface area contributed by atoms with Crippen molar-refractivity contribution in [3.63, 3.8) is 0 Å². The van der Waals surface area contributed by atoms with Crippen molar-refractivity contribution in [2.75, 3.05) is 13.7 Å². The van der Waals surface area contributed by atoms with E-state index in [9.17, 15) is 0 Å². The minimum Gasteiger partial charge on any atom is -0.496 e. The molecule has 0 spiro atoms. The van der Waals surface area contributed by atoms with Crippen LogP contribution in [0.2, 0.25) is 16.6 Å². The second-order valence-corrected chi connectivity index (χ2v) is 14.2. The van der Waals surface area contributed by atoms with Gasteiger partial charge in [0.1, 0.15) is 5.75 Å². The van der Waals surface area contributed by atoms with E-state index in [0.717, 1.165) is 31.6 Å². The molecule has 0 unspecified atom stereocenters. The maximum Gasteiger partial charge on any atom is 0.200 e. The predicted molar refractivity (Wildman–Crippen MR) is 120 cm³/mol. The molecule has 0 amide bonds. The number of unbranched alkanes of at least 4 members (excludes halogenated alkanes) is 1. The zero-order valence-electron chi connectivity index (χ0n) is 18.6. The highest BCUT2D eigenvalue weighted by Crippen LogP contribution is 2.42. The van der Waals surface area contributed by atoms with Gasteiger partial charge in [-0.05, 0) is 60.0 Å². The molecule has 0 radical (unpaired) electrons. The van der Waals surface area contributed by atoms with E-state index in [2.05, 4.69) is 71.8 Å². The number of aromatic nitrogens is 1. The number of fused-ring (bicyclic) bond motifs is 1. The standard InChI is InChI=1S/C23H39NO2Si/c1-16(2)27(17(3)4,18(5)6)26-14-10-9-11-20-15-24-23-19(7)12-13-21(25-8)22(20)23/h12-13,15-18,24H,9-11,14H2,1-8H3. The van der Waals surface area contributed by atoms with Crippen molar-refractivity contribution < 1.29 is 9.16 Å². The summed E-state index contributed by atoms with van der Waals surface area (Å²) in [5.74, 6) is 0.967. The first-order valence-electron chi connectivity index (χ1n) is 10.5. The van der Waals surface area contributed by atoms with Gasteiger partial charge in [-0.15, -0.1) is 0 Å². The highest BCUT2D eigenvalue weighted by molar-refractivity contribution is 6.77. The molecule has 0 aliphatic rings. The predicted octanol–water partition coefficient (Wildman–Crippen LogP) is 7.00. The molecule has 0 bridgehead atoms. The van der Waals surface area contributed by atoms with Gasteiger partial charge in [-0.25, -0.2) is 0 Å². The van der Waals surface area contributed by atoms with Crippen LogP contribution in [0, 0.1) is 6.92 Å². The molecule has 1 aromatic carbocycles. The van der Waals surface area contributed by atoms with Gasteiger partial charge in [-0.1, -0.05) is 47.6 Å². The number of hydrogen-bond acceptors (Lipinski definition) is 2. The second kappa shape index (κ2) is 9.29. The number of benzene rings is 1. The highest BCUT2D eigenvalue weighted by atomic mass is 28.4. The molecule has 0 fully saturated rings. The molecule has 0 saturated carbocycles. The first-order chi connectivity index (χ1) is 12.8. The number of rotatable bonds is 10. The third-order valence-electron chi connectivity index (χ3n) is 6.21. The molecule has 2 rings (SSSR count). The normalized spacial score (nSPS) is 12.7. The number of H-pyrrole nitrogens is 1. The van der Waals surface area contributed by atoms with Crippen molar-refractivity contribution >= 4 is 19.2 Å². The van der Waals surface area contributed by atoms with Crippen molar-refractivity contribution in [2.24, 2.45) is 0 Å². The first-order valence-corrected chi connectivity index (χ1v) is 12.7. The van der Waals surface area contributed by atoms with Gasteiger partial charge in [0.25, 0.3) is 0 Å². The van der Waals surface area contributed by atoms with Crippen LogP contribution in [-0.4, -0.2) is 27.0 Å². The number of ether oxygens (including phenoxy) is 1. The molecule has 0 aliphatic carbocycles. The van der Waals surface area contributed by atoms with Crippen LogP contribution in [-0.2, 0) is 10.8 Å². The van der Waals surface area contributed by atoms with Crippen molar-refractivity contribution in [3.8, 4) is 5.75 Å². The molecule has 2 aromatic rings. The van der Waals surface area contributed by atoms with E-state index in [0.29, 0.717) is 16.6 Å². The molecule has 4 heteroatoms. The number of hydrogen-bond donors (Lipinski definition) is 1. The second-order valence-electron chi connectivity index (χ2n) is 8.77. The molecular formula is C23H39NO2Si. The Balaban J connectivity index is 1.99. The quantitative estimate of drug-likeness (QED) is 0.350. The molecular weight excluding hydrogens is 350 g/mol. The van der Waals surface area contributed by atoms with Gasteiger partial charge in [-0.3, -0.25) is 0 Å². The Kier molecular flexibility index (Phi) is 7.58. The van der Waals surface area contributed by atoms with E-state index in [4.69, 9.17) is 9.16 Å². The van der Waals surface area contributed by atoms with Crippen LogP contribution in [0.3, 0.4) is 0 Å². The lowest BCUT2D eigenvalue weighted by atomic mass is 10.0. The SMILES string of the molecule is COc1ccc(C)c2[nH]cc(CCCCO[Si](C(C)C)(C(C)C)C(C)C)c12. The smallest absolute Gasteiger partial charge is 0.200 e. The van der Waals surface area contributed by atoms with E-state index in [1.54, 1.807) is 7.11 Å². The fraction of sp³-hybridized carbons (Fsp3) is 0.652. The lowest BCUT2D eigenvalue weighted by Crippen LogP contribution is -2.47. The number of aromatic amines is 1. The average Bonchev–Trinajstić information content (AvgIpc) is 3.02. The zero-order chi connectivity index (χ0) is 20.2. The minimum atomic E-state index is -1.74. The van der Waals surface area contributed by atoms with Gasteiger partial charge in [0.2, 0.25) is 0 Å². The fourth-order valence-corrected chi connectivity index (χ4v) is 10.5. The summed E-state index contributed by atoms with van der Waals surface area (Å²) in [6.45, 7) is 17.2. The summed E-state index contributed by atoms with van der Waals surface area (Å²) in [5.41, 5.74) is 5.77. The molecule has 1 N–H and O–H groups in total. The highest BCUT2D eigenvalue weighted by Gasteiger charge is 2.44. The van der Waals surface area contributed by atoms with E-state index >= 15 is 0 Å². The van der Waals surface area contributed by atoms with Crippen LogP contribution in [0.15, 0.2) is 18.3 Å². The molecule has 152 valence electrons. The lowest BCUT2D eigenvalue weighted by molar-refractivity contribution is 0.269. The molecule has 1 aromatic heterocycles. The van der Waals surface area contributed by atoms with Gasteiger partial charge >= 0.3 is 0 Å². The Morgan fingerprint density at radius 3 is 2.15 bits per heavy atom. The van der Waals surface area contributed by atoms with Crippen molar-refractivity contribution in [2.45, 2.75) is 84.4 Å². The third kappa shape index (κ3) is 4.43. The molecule has 1 heterocycles. The maximum absolute atomic E-state index is 6.69. The van der Waals surface area contributed by atoms with Crippen molar-refractivity contribution in [1.29, 1.82) is 0 Å². The van der Waals surface area contributed by atoms with Crippen LogP contribution in [0.25, 0.3) is 10.9 Å². The van der Waals surface area contributed by atoms with Crippen LogP contribution in [0.5, 0.6) is 5.75 Å². The lowest BCUT2D eigenvalue weighted by Gasteiger charge is -2.42. The minimum absolute atomic E-state index is 0.651. The largest absolute Gasteiger partial charge is 0.496 e. The van der Waals surface area contributed by atoms with Gasteiger partial charge in [0, 0.05) is 18.2 Å². The monoisotopic (exact) mass is 389 g/mol. The van der Waals surface area contributed by atoms with Crippen LogP contribution in [0.1, 0.15) is 65.5 Å². The number of nitrogens with one attached hydrogen (secondary N) is 1. The Hall–Kier alpha value is -1.26. The Morgan fingerprint density at radius 1 is 0.963 bits per heavy atom. The van der Waals surface area contributed by atoms with Crippen molar-refractivity contribution in [3.05, 3.63) is 29.5 Å². The number of methoxy groups -OCH3 is 1. The first kappa shape index (κ1) is 22.0. The summed E-state index contributed by atoms with van der Waals surface area (Å²) in [5, 5.41) is 1.24. The fourth-order valence-electron chi connectivity index (χ4n) is 4.96. The van der Waals surface area contributed by atoms with Crippen LogP contribution < -0.4 is 4.74 Å². The number of aryl methyl sites for hydroxylation is 2. The van der Waals surface area contributed by atoms with Gasteiger partial charge in [0.15, 0.2) is 8.32 Å².